The number of aliphatic hydroxyl groups excluding tert-OH is 1. The van der Waals surface area contributed by atoms with Gasteiger partial charge in [0.1, 0.15) is 17.5 Å². The van der Waals surface area contributed by atoms with E-state index < -0.39 is 12.5 Å². The van der Waals surface area contributed by atoms with Crippen LogP contribution in [-0.2, 0) is 0 Å². The number of carbonyl (C=O) groups excluding carboxylic acids is 1. The van der Waals surface area contributed by atoms with E-state index in [2.05, 4.69) is 25.9 Å². The second-order valence-corrected chi connectivity index (χ2v) is 7.77. The lowest BCUT2D eigenvalue weighted by Crippen LogP contribution is -2.49. The third-order valence-electron chi connectivity index (χ3n) is 5.40. The SMILES string of the molecule is C[C@@H]1CN(c2ccc(Nc3ncc4c(n3)N(C)CNC4=O)cc2C(O)C(F)F)CCN1. The molecule has 1 fully saturated rings. The number of anilines is 4. The predicted molar refractivity (Wildman–Crippen MR) is 113 cm³/mol. The monoisotopic (exact) mass is 433 g/mol. The van der Waals surface area contributed by atoms with Gasteiger partial charge in [0.05, 0.1) is 6.67 Å². The first-order valence-corrected chi connectivity index (χ1v) is 10.1. The fraction of sp³-hybridized carbons (Fsp3) is 0.450. The number of nitrogens with zero attached hydrogens (tertiary/aromatic N) is 4. The van der Waals surface area contributed by atoms with E-state index in [1.165, 1.54) is 12.3 Å². The summed E-state index contributed by atoms with van der Waals surface area (Å²) in [7, 11) is 1.79. The fourth-order valence-electron chi connectivity index (χ4n) is 3.82. The summed E-state index contributed by atoms with van der Waals surface area (Å²) < 4.78 is 26.8. The van der Waals surface area contributed by atoms with Crippen LogP contribution < -0.4 is 25.8 Å². The van der Waals surface area contributed by atoms with Gasteiger partial charge < -0.3 is 30.9 Å². The molecule has 31 heavy (non-hydrogen) atoms. The van der Waals surface area contributed by atoms with Gasteiger partial charge in [0.2, 0.25) is 5.95 Å². The van der Waals surface area contributed by atoms with Crippen molar-refractivity contribution in [3.8, 4) is 0 Å². The molecule has 0 saturated carbocycles. The van der Waals surface area contributed by atoms with Crippen LogP contribution in [0.15, 0.2) is 24.4 Å². The molecule has 1 aromatic carbocycles. The first kappa shape index (κ1) is 21.2. The molecule has 2 atom stereocenters. The number of nitrogens with one attached hydrogen (secondary N) is 3. The third kappa shape index (κ3) is 4.37. The molecular weight excluding hydrogens is 408 g/mol. The van der Waals surface area contributed by atoms with Gasteiger partial charge in [-0.2, -0.15) is 4.98 Å². The number of aromatic nitrogens is 2. The van der Waals surface area contributed by atoms with Gasteiger partial charge >= 0.3 is 0 Å². The minimum atomic E-state index is -2.92. The van der Waals surface area contributed by atoms with Crippen molar-refractivity contribution in [3.63, 3.8) is 0 Å². The van der Waals surface area contributed by atoms with E-state index in [1.54, 1.807) is 24.1 Å². The number of benzene rings is 1. The molecule has 9 nitrogen and oxygen atoms in total. The lowest BCUT2D eigenvalue weighted by Gasteiger charge is -2.35. The Kier molecular flexibility index (Phi) is 5.88. The molecule has 2 aliphatic heterocycles. The maximum atomic E-state index is 13.4. The van der Waals surface area contributed by atoms with E-state index in [9.17, 15) is 18.7 Å². The van der Waals surface area contributed by atoms with Crippen LogP contribution in [0.2, 0.25) is 0 Å². The number of hydrogen-bond acceptors (Lipinski definition) is 8. The van der Waals surface area contributed by atoms with Gasteiger partial charge in [0.25, 0.3) is 12.3 Å². The standard InChI is InChI=1S/C20H25F2N7O2/c1-11-9-29(6-5-23-11)15-4-3-12(7-13(15)16(30)17(21)22)26-20-24-8-14-18(27-20)28(2)10-25-19(14)31/h3-4,7-8,11,16-17,23,30H,5-6,9-10H2,1-2H3,(H,25,31)(H,24,26,27)/t11-,16?/m1/s1. The van der Waals surface area contributed by atoms with Gasteiger partial charge in [-0.15, -0.1) is 0 Å². The molecule has 1 unspecified atom stereocenters. The number of halogens is 2. The second kappa shape index (κ2) is 8.60. The number of carbonyl (C=O) groups is 1. The minimum Gasteiger partial charge on any atom is -0.382 e. The maximum Gasteiger partial charge on any atom is 0.268 e. The highest BCUT2D eigenvalue weighted by Crippen LogP contribution is 2.34. The van der Waals surface area contributed by atoms with E-state index in [4.69, 9.17) is 0 Å². The van der Waals surface area contributed by atoms with Crippen molar-refractivity contribution in [2.75, 3.05) is 48.5 Å². The zero-order valence-electron chi connectivity index (χ0n) is 17.3. The summed E-state index contributed by atoms with van der Waals surface area (Å²) in [4.78, 5) is 24.3. The summed E-state index contributed by atoms with van der Waals surface area (Å²) in [6.45, 7) is 4.39. The van der Waals surface area contributed by atoms with Crippen molar-refractivity contribution in [2.45, 2.75) is 25.5 Å². The second-order valence-electron chi connectivity index (χ2n) is 7.77. The number of alkyl halides is 2. The molecule has 11 heteroatoms. The summed E-state index contributed by atoms with van der Waals surface area (Å²) in [5.74, 6) is 0.443. The molecule has 0 bridgehead atoms. The summed E-state index contributed by atoms with van der Waals surface area (Å²) in [6.07, 6.45) is -3.41. The van der Waals surface area contributed by atoms with E-state index in [1.807, 2.05) is 11.8 Å². The third-order valence-corrected chi connectivity index (χ3v) is 5.40. The van der Waals surface area contributed by atoms with Crippen molar-refractivity contribution < 1.29 is 18.7 Å². The Bertz CT molecular complexity index is 975. The Morgan fingerprint density at radius 3 is 2.90 bits per heavy atom. The Morgan fingerprint density at radius 2 is 2.16 bits per heavy atom. The average Bonchev–Trinajstić information content (AvgIpc) is 2.76. The molecule has 3 heterocycles. The molecule has 0 spiro atoms. The first-order chi connectivity index (χ1) is 14.8. The smallest absolute Gasteiger partial charge is 0.268 e. The molecule has 4 N–H and O–H groups in total. The molecule has 1 amide bonds. The van der Waals surface area contributed by atoms with Gasteiger partial charge in [-0.25, -0.2) is 13.8 Å². The maximum absolute atomic E-state index is 13.4. The largest absolute Gasteiger partial charge is 0.382 e. The van der Waals surface area contributed by atoms with E-state index >= 15 is 0 Å². The van der Waals surface area contributed by atoms with Crippen molar-refractivity contribution >= 4 is 29.0 Å². The number of fused-ring (bicyclic) bond motifs is 1. The molecule has 4 rings (SSSR count). The summed E-state index contributed by atoms with van der Waals surface area (Å²) >= 11 is 0. The molecule has 0 aliphatic carbocycles. The molecule has 1 saturated heterocycles. The molecule has 166 valence electrons. The van der Waals surface area contributed by atoms with Gasteiger partial charge in [0, 0.05) is 55.9 Å². The van der Waals surface area contributed by atoms with E-state index in [0.717, 1.165) is 6.54 Å². The van der Waals surface area contributed by atoms with Crippen molar-refractivity contribution in [1.29, 1.82) is 0 Å². The lowest BCUT2D eigenvalue weighted by atomic mass is 10.0. The Balaban J connectivity index is 1.64. The highest BCUT2D eigenvalue weighted by molar-refractivity contribution is 6.00. The molecule has 2 aromatic rings. The number of rotatable bonds is 5. The van der Waals surface area contributed by atoms with Crippen LogP contribution in [-0.4, -0.2) is 66.8 Å². The molecular formula is C20H25F2N7O2. The van der Waals surface area contributed by atoms with E-state index in [-0.39, 0.29) is 23.5 Å². The molecule has 2 aliphatic rings. The normalized spacial score (nSPS) is 19.8. The van der Waals surface area contributed by atoms with Crippen LogP contribution in [0.3, 0.4) is 0 Å². The van der Waals surface area contributed by atoms with Gasteiger partial charge in [-0.05, 0) is 25.1 Å². The minimum absolute atomic E-state index is 0.142. The summed E-state index contributed by atoms with van der Waals surface area (Å²) in [5, 5.41) is 19.2. The van der Waals surface area contributed by atoms with Crippen molar-refractivity contribution in [1.82, 2.24) is 20.6 Å². The van der Waals surface area contributed by atoms with Crippen LogP contribution >= 0.6 is 0 Å². The van der Waals surface area contributed by atoms with E-state index in [0.29, 0.717) is 42.5 Å². The van der Waals surface area contributed by atoms with Crippen LogP contribution in [0.25, 0.3) is 0 Å². The van der Waals surface area contributed by atoms with Gasteiger partial charge in [0.15, 0.2) is 0 Å². The molecule has 0 radical (unpaired) electrons. The van der Waals surface area contributed by atoms with Gasteiger partial charge in [-0.3, -0.25) is 4.79 Å². The zero-order valence-corrected chi connectivity index (χ0v) is 17.3. The van der Waals surface area contributed by atoms with Gasteiger partial charge in [-0.1, -0.05) is 0 Å². The number of amides is 1. The van der Waals surface area contributed by atoms with Crippen LogP contribution in [0.4, 0.5) is 31.9 Å². The van der Waals surface area contributed by atoms with Crippen molar-refractivity contribution in [2.24, 2.45) is 0 Å². The number of piperazine rings is 1. The summed E-state index contributed by atoms with van der Waals surface area (Å²) in [6, 6.07) is 5.17. The zero-order chi connectivity index (χ0) is 22.1. The highest BCUT2D eigenvalue weighted by atomic mass is 19.3. The van der Waals surface area contributed by atoms with Crippen LogP contribution in [0, 0.1) is 0 Å². The first-order valence-electron chi connectivity index (χ1n) is 10.1. The Labute approximate surface area is 178 Å². The van der Waals surface area contributed by atoms with Crippen LogP contribution in [0.1, 0.15) is 28.9 Å². The topological polar surface area (TPSA) is 106 Å². The summed E-state index contributed by atoms with van der Waals surface area (Å²) in [5.41, 5.74) is 1.54. The Morgan fingerprint density at radius 1 is 1.35 bits per heavy atom. The number of hydrogen-bond donors (Lipinski definition) is 4. The number of aliphatic hydroxyl groups is 1. The lowest BCUT2D eigenvalue weighted by molar-refractivity contribution is -0.00551. The van der Waals surface area contributed by atoms with Crippen molar-refractivity contribution in [3.05, 3.63) is 35.5 Å². The quantitative estimate of drug-likeness (QED) is 0.562. The predicted octanol–water partition coefficient (Wildman–Crippen LogP) is 1.45. The highest BCUT2D eigenvalue weighted by Gasteiger charge is 2.27. The Hall–Kier alpha value is -3.05. The van der Waals surface area contributed by atoms with Crippen LogP contribution in [0.5, 0.6) is 0 Å². The fourth-order valence-corrected chi connectivity index (χ4v) is 3.82. The molecule has 1 aromatic heterocycles. The average molecular weight is 433 g/mol.